The number of rotatable bonds is 5. The van der Waals surface area contributed by atoms with Gasteiger partial charge in [-0.3, -0.25) is 4.79 Å². The first-order valence-electron chi connectivity index (χ1n) is 7.41. The van der Waals surface area contributed by atoms with E-state index in [9.17, 15) is 13.6 Å². The van der Waals surface area contributed by atoms with Crippen molar-refractivity contribution in [2.45, 2.75) is 32.0 Å². The van der Waals surface area contributed by atoms with Crippen LogP contribution in [-0.2, 0) is 17.9 Å². The van der Waals surface area contributed by atoms with Crippen LogP contribution in [0, 0.1) is 0 Å². The first-order chi connectivity index (χ1) is 11.1. The molecule has 23 heavy (non-hydrogen) atoms. The molecule has 0 aliphatic carbocycles. The predicted octanol–water partition coefficient (Wildman–Crippen LogP) is 2.54. The Balaban J connectivity index is 1.76. The van der Waals surface area contributed by atoms with E-state index in [0.717, 1.165) is 0 Å². The van der Waals surface area contributed by atoms with Gasteiger partial charge in [0.25, 0.3) is 5.91 Å². The summed E-state index contributed by atoms with van der Waals surface area (Å²) in [4.78, 5) is 16.6. The smallest absolute Gasteiger partial charge is 0.271 e. The van der Waals surface area contributed by atoms with Crippen LogP contribution in [0.1, 0.15) is 34.3 Å². The topological polar surface area (TPSA) is 56.2 Å². The lowest BCUT2D eigenvalue weighted by atomic mass is 10.0. The zero-order valence-electron chi connectivity index (χ0n) is 12.4. The number of ether oxygens (including phenoxy) is 1. The number of benzene rings is 1. The quantitative estimate of drug-likeness (QED) is 0.921. The third kappa shape index (κ3) is 3.73. The number of aromatic nitrogens is 2. The summed E-state index contributed by atoms with van der Waals surface area (Å²) in [7, 11) is 0. The molecule has 0 fully saturated rings. The molecular formula is C16H17F2N3O2. The Morgan fingerprint density at radius 1 is 1.35 bits per heavy atom. The minimum atomic E-state index is -2.51. The number of imidazole rings is 1. The molecule has 1 N–H and O–H groups in total. The normalized spacial score (nSPS) is 15.3. The summed E-state index contributed by atoms with van der Waals surface area (Å²) in [6, 6.07) is 8.00. The van der Waals surface area contributed by atoms with E-state index in [2.05, 4.69) is 10.3 Å². The number of amides is 1. The molecule has 0 saturated carbocycles. The second-order valence-corrected chi connectivity index (χ2v) is 5.35. The van der Waals surface area contributed by atoms with Gasteiger partial charge in [-0.05, 0) is 5.56 Å². The van der Waals surface area contributed by atoms with E-state index < -0.39 is 24.8 Å². The molecule has 0 radical (unpaired) electrons. The number of carbonyl (C=O) groups excluding carboxylic acids is 1. The maximum atomic E-state index is 12.8. The first-order valence-corrected chi connectivity index (χ1v) is 7.41. The van der Waals surface area contributed by atoms with Crippen LogP contribution in [0.4, 0.5) is 8.78 Å². The second-order valence-electron chi connectivity index (χ2n) is 5.35. The van der Waals surface area contributed by atoms with E-state index in [1.807, 2.05) is 4.57 Å². The maximum Gasteiger partial charge on any atom is 0.271 e. The maximum absolute atomic E-state index is 12.8. The molecule has 0 bridgehead atoms. The van der Waals surface area contributed by atoms with Crippen LogP contribution in [0.15, 0.2) is 36.5 Å². The molecule has 0 saturated heterocycles. The number of nitrogens with zero attached hydrogens (tertiary/aromatic N) is 2. The minimum Gasteiger partial charge on any atom is -0.372 e. The second kappa shape index (κ2) is 6.87. The van der Waals surface area contributed by atoms with Crippen LogP contribution >= 0.6 is 0 Å². The highest BCUT2D eigenvalue weighted by Gasteiger charge is 2.22. The number of hydrogen-bond donors (Lipinski definition) is 1. The molecule has 5 nitrogen and oxygen atoms in total. The van der Waals surface area contributed by atoms with Crippen molar-refractivity contribution in [1.82, 2.24) is 14.9 Å². The SMILES string of the molecule is O=C(NC(CC(F)F)c1ccccc1)c1cn2c(n1)COCC2. The Hall–Kier alpha value is -2.28. The predicted molar refractivity (Wildman–Crippen MR) is 79.2 cm³/mol. The van der Waals surface area contributed by atoms with Crippen LogP contribution < -0.4 is 5.32 Å². The number of nitrogens with one attached hydrogen (secondary N) is 1. The van der Waals surface area contributed by atoms with Crippen molar-refractivity contribution in [3.05, 3.63) is 53.6 Å². The Labute approximate surface area is 132 Å². The van der Waals surface area contributed by atoms with Gasteiger partial charge in [0, 0.05) is 19.2 Å². The number of carbonyl (C=O) groups is 1. The molecule has 7 heteroatoms. The summed E-state index contributed by atoms with van der Waals surface area (Å²) in [5, 5.41) is 2.65. The molecule has 1 aliphatic rings. The van der Waals surface area contributed by atoms with Crippen molar-refractivity contribution in [3.63, 3.8) is 0 Å². The molecular weight excluding hydrogens is 304 g/mol. The zero-order valence-corrected chi connectivity index (χ0v) is 12.4. The molecule has 2 heterocycles. The fraction of sp³-hybridized carbons (Fsp3) is 0.375. The van der Waals surface area contributed by atoms with Crippen molar-refractivity contribution in [3.8, 4) is 0 Å². The third-order valence-electron chi connectivity index (χ3n) is 3.72. The van der Waals surface area contributed by atoms with Crippen molar-refractivity contribution in [1.29, 1.82) is 0 Å². The molecule has 1 aromatic heterocycles. The Morgan fingerprint density at radius 2 is 2.13 bits per heavy atom. The molecule has 0 spiro atoms. The Bertz CT molecular complexity index is 650. The standard InChI is InChI=1S/C16H17F2N3O2/c17-14(18)8-12(11-4-2-1-3-5-11)20-16(22)13-9-21-6-7-23-10-15(21)19-13/h1-5,9,12,14H,6-8,10H2,(H,20,22). The first kappa shape index (κ1) is 15.6. The monoisotopic (exact) mass is 321 g/mol. The van der Waals surface area contributed by atoms with Crippen molar-refractivity contribution >= 4 is 5.91 Å². The zero-order chi connectivity index (χ0) is 16.2. The summed E-state index contributed by atoms with van der Waals surface area (Å²) in [5.41, 5.74) is 0.870. The van der Waals surface area contributed by atoms with Crippen LogP contribution in [0.2, 0.25) is 0 Å². The molecule has 122 valence electrons. The van der Waals surface area contributed by atoms with Crippen molar-refractivity contribution in [2.24, 2.45) is 0 Å². The highest BCUT2D eigenvalue weighted by atomic mass is 19.3. The van der Waals surface area contributed by atoms with Crippen LogP contribution in [0.5, 0.6) is 0 Å². The number of alkyl halides is 2. The lowest BCUT2D eigenvalue weighted by Crippen LogP contribution is -2.30. The average Bonchev–Trinajstić information content (AvgIpc) is 2.99. The molecule has 3 rings (SSSR count). The van der Waals surface area contributed by atoms with Gasteiger partial charge in [0.1, 0.15) is 18.1 Å². The molecule has 1 aliphatic heterocycles. The van der Waals surface area contributed by atoms with E-state index in [-0.39, 0.29) is 5.69 Å². The van der Waals surface area contributed by atoms with Gasteiger partial charge in [-0.25, -0.2) is 13.8 Å². The summed E-state index contributed by atoms with van der Waals surface area (Å²) >= 11 is 0. The summed E-state index contributed by atoms with van der Waals surface area (Å²) < 4.78 is 32.8. The van der Waals surface area contributed by atoms with Gasteiger partial charge >= 0.3 is 0 Å². The summed E-state index contributed by atoms with van der Waals surface area (Å²) in [6.07, 6.45) is -1.31. The van der Waals surface area contributed by atoms with Crippen LogP contribution in [0.3, 0.4) is 0 Å². The van der Waals surface area contributed by atoms with E-state index in [1.165, 1.54) is 0 Å². The average molecular weight is 321 g/mol. The molecule has 2 aromatic rings. The molecule has 1 aromatic carbocycles. The number of hydrogen-bond acceptors (Lipinski definition) is 3. The molecule has 1 atom stereocenters. The fourth-order valence-corrected chi connectivity index (χ4v) is 2.57. The third-order valence-corrected chi connectivity index (χ3v) is 3.72. The van der Waals surface area contributed by atoms with E-state index in [1.54, 1.807) is 36.5 Å². The van der Waals surface area contributed by atoms with Crippen LogP contribution in [0.25, 0.3) is 0 Å². The Kier molecular flexibility index (Phi) is 4.66. The Morgan fingerprint density at radius 3 is 2.83 bits per heavy atom. The van der Waals surface area contributed by atoms with E-state index in [0.29, 0.717) is 31.1 Å². The van der Waals surface area contributed by atoms with Crippen LogP contribution in [-0.4, -0.2) is 28.5 Å². The molecule has 1 amide bonds. The largest absolute Gasteiger partial charge is 0.372 e. The van der Waals surface area contributed by atoms with Gasteiger partial charge in [-0.15, -0.1) is 0 Å². The highest BCUT2D eigenvalue weighted by Crippen LogP contribution is 2.21. The van der Waals surface area contributed by atoms with Crippen molar-refractivity contribution < 1.29 is 18.3 Å². The molecule has 1 unspecified atom stereocenters. The summed E-state index contributed by atoms with van der Waals surface area (Å²) in [5.74, 6) is 0.216. The lowest BCUT2D eigenvalue weighted by molar-refractivity contribution is 0.0815. The van der Waals surface area contributed by atoms with Gasteiger partial charge in [0.2, 0.25) is 6.43 Å². The minimum absolute atomic E-state index is 0.223. The van der Waals surface area contributed by atoms with Crippen molar-refractivity contribution in [2.75, 3.05) is 6.61 Å². The summed E-state index contributed by atoms with van der Waals surface area (Å²) in [6.45, 7) is 1.56. The van der Waals surface area contributed by atoms with Gasteiger partial charge in [0.15, 0.2) is 0 Å². The number of halogens is 2. The fourth-order valence-electron chi connectivity index (χ4n) is 2.57. The lowest BCUT2D eigenvalue weighted by Gasteiger charge is -2.18. The van der Waals surface area contributed by atoms with E-state index >= 15 is 0 Å². The van der Waals surface area contributed by atoms with Gasteiger partial charge < -0.3 is 14.6 Å². The van der Waals surface area contributed by atoms with Gasteiger partial charge in [0.05, 0.1) is 12.6 Å². The van der Waals surface area contributed by atoms with Gasteiger partial charge in [-0.1, -0.05) is 30.3 Å². The van der Waals surface area contributed by atoms with E-state index in [4.69, 9.17) is 4.74 Å². The number of fused-ring (bicyclic) bond motifs is 1. The highest BCUT2D eigenvalue weighted by molar-refractivity contribution is 5.92. The van der Waals surface area contributed by atoms with Gasteiger partial charge in [-0.2, -0.15) is 0 Å².